The Balaban J connectivity index is 1.94. The third-order valence-electron chi connectivity index (χ3n) is 3.27. The van der Waals surface area contributed by atoms with Gasteiger partial charge in [-0.25, -0.2) is 4.79 Å². The summed E-state index contributed by atoms with van der Waals surface area (Å²) in [5.41, 5.74) is 5.04. The Kier molecular flexibility index (Phi) is 5.71. The number of hydrogen-bond donors (Lipinski definition) is 2. The lowest BCUT2D eigenvalue weighted by atomic mass is 10.2. The molecule has 3 N–H and O–H groups in total. The Labute approximate surface area is 146 Å². The third-order valence-corrected chi connectivity index (χ3v) is 3.27. The van der Waals surface area contributed by atoms with Gasteiger partial charge in [-0.3, -0.25) is 4.79 Å². The average Bonchev–Trinajstić information content (AvgIpc) is 2.59. The summed E-state index contributed by atoms with van der Waals surface area (Å²) in [6, 6.07) is 8.31. The SMILES string of the molecule is COc1ccc(C(=O)OCC(=O)Nc2cccc(C(F)(F)F)c2)cc1N. The third kappa shape index (κ3) is 4.88. The molecule has 0 aliphatic carbocycles. The van der Waals surface area contributed by atoms with Crippen molar-refractivity contribution < 1.29 is 32.2 Å². The van der Waals surface area contributed by atoms with Gasteiger partial charge in [-0.15, -0.1) is 0 Å². The van der Waals surface area contributed by atoms with Crippen LogP contribution in [0.15, 0.2) is 42.5 Å². The van der Waals surface area contributed by atoms with E-state index in [9.17, 15) is 22.8 Å². The smallest absolute Gasteiger partial charge is 0.416 e. The number of hydrogen-bond acceptors (Lipinski definition) is 5. The summed E-state index contributed by atoms with van der Waals surface area (Å²) in [4.78, 5) is 23.7. The van der Waals surface area contributed by atoms with Gasteiger partial charge in [0.2, 0.25) is 0 Å². The minimum atomic E-state index is -4.53. The maximum atomic E-state index is 12.6. The number of methoxy groups -OCH3 is 1. The predicted molar refractivity (Wildman–Crippen MR) is 87.8 cm³/mol. The number of amides is 1. The molecule has 0 spiro atoms. The first-order valence-electron chi connectivity index (χ1n) is 7.28. The van der Waals surface area contributed by atoms with E-state index in [2.05, 4.69) is 5.32 Å². The van der Waals surface area contributed by atoms with E-state index in [1.165, 1.54) is 31.4 Å². The molecule has 0 saturated carbocycles. The Bertz CT molecular complexity index is 822. The van der Waals surface area contributed by atoms with Crippen molar-refractivity contribution in [2.45, 2.75) is 6.18 Å². The van der Waals surface area contributed by atoms with Gasteiger partial charge in [-0.05, 0) is 36.4 Å². The van der Waals surface area contributed by atoms with Crippen molar-refractivity contribution in [3.05, 3.63) is 53.6 Å². The van der Waals surface area contributed by atoms with Gasteiger partial charge in [-0.1, -0.05) is 6.07 Å². The molecule has 2 aromatic carbocycles. The highest BCUT2D eigenvalue weighted by Crippen LogP contribution is 2.30. The molecule has 0 unspecified atom stereocenters. The monoisotopic (exact) mass is 368 g/mol. The van der Waals surface area contributed by atoms with Gasteiger partial charge >= 0.3 is 12.1 Å². The number of alkyl halides is 3. The standard InChI is InChI=1S/C17H15F3N2O4/c1-25-14-6-5-10(7-13(14)21)16(24)26-9-15(23)22-12-4-2-3-11(8-12)17(18,19)20/h2-8H,9,21H2,1H3,(H,22,23). The van der Waals surface area contributed by atoms with E-state index in [4.69, 9.17) is 15.2 Å². The molecule has 1 amide bonds. The van der Waals surface area contributed by atoms with Gasteiger partial charge in [0.25, 0.3) is 5.91 Å². The molecule has 2 rings (SSSR count). The lowest BCUT2D eigenvalue weighted by Gasteiger charge is -2.10. The maximum absolute atomic E-state index is 12.6. The van der Waals surface area contributed by atoms with E-state index in [-0.39, 0.29) is 16.9 Å². The minimum absolute atomic E-state index is 0.0606. The van der Waals surface area contributed by atoms with Crippen molar-refractivity contribution in [3.8, 4) is 5.75 Å². The quantitative estimate of drug-likeness (QED) is 0.625. The van der Waals surface area contributed by atoms with Crippen molar-refractivity contribution in [2.24, 2.45) is 0 Å². The molecule has 0 aromatic heterocycles. The zero-order valence-corrected chi connectivity index (χ0v) is 13.6. The van der Waals surface area contributed by atoms with E-state index in [0.29, 0.717) is 5.75 Å². The summed E-state index contributed by atoms with van der Waals surface area (Å²) in [7, 11) is 1.42. The predicted octanol–water partition coefficient (Wildman–Crippen LogP) is 3.09. The fraction of sp³-hybridized carbons (Fsp3) is 0.176. The number of benzene rings is 2. The van der Waals surface area contributed by atoms with Gasteiger partial charge in [0.1, 0.15) is 5.75 Å². The van der Waals surface area contributed by atoms with E-state index in [1.807, 2.05) is 0 Å². The van der Waals surface area contributed by atoms with Crippen molar-refractivity contribution >= 4 is 23.3 Å². The summed E-state index contributed by atoms with van der Waals surface area (Å²) in [6.07, 6.45) is -4.53. The van der Waals surface area contributed by atoms with Gasteiger partial charge in [0, 0.05) is 5.69 Å². The number of nitrogen functional groups attached to an aromatic ring is 1. The second kappa shape index (κ2) is 7.77. The lowest BCUT2D eigenvalue weighted by molar-refractivity contribution is -0.137. The van der Waals surface area contributed by atoms with Crippen LogP contribution in [-0.4, -0.2) is 25.6 Å². The van der Waals surface area contributed by atoms with Crippen LogP contribution in [-0.2, 0) is 15.7 Å². The number of halogens is 3. The van der Waals surface area contributed by atoms with Crippen LogP contribution in [0, 0.1) is 0 Å². The molecule has 0 saturated heterocycles. The molecule has 0 heterocycles. The highest BCUT2D eigenvalue weighted by molar-refractivity contribution is 5.96. The fourth-order valence-corrected chi connectivity index (χ4v) is 2.05. The van der Waals surface area contributed by atoms with E-state index < -0.39 is 30.2 Å². The van der Waals surface area contributed by atoms with Gasteiger partial charge in [0.05, 0.1) is 23.9 Å². The molecular weight excluding hydrogens is 353 g/mol. The molecule has 6 nitrogen and oxygen atoms in total. The maximum Gasteiger partial charge on any atom is 0.416 e. The van der Waals surface area contributed by atoms with Crippen molar-refractivity contribution in [2.75, 3.05) is 24.8 Å². The molecule has 0 aliphatic rings. The Hall–Kier alpha value is -3.23. The zero-order valence-electron chi connectivity index (χ0n) is 13.6. The van der Waals surface area contributed by atoms with Crippen LogP contribution in [0.2, 0.25) is 0 Å². The molecule has 26 heavy (non-hydrogen) atoms. The number of esters is 1. The van der Waals surface area contributed by atoms with Crippen LogP contribution >= 0.6 is 0 Å². The Morgan fingerprint density at radius 3 is 2.50 bits per heavy atom. The van der Waals surface area contributed by atoms with Gasteiger partial charge in [-0.2, -0.15) is 13.2 Å². The summed E-state index contributed by atoms with van der Waals surface area (Å²) in [5.74, 6) is -1.21. The van der Waals surface area contributed by atoms with Crippen LogP contribution in [0.4, 0.5) is 24.5 Å². The van der Waals surface area contributed by atoms with Crippen molar-refractivity contribution in [3.63, 3.8) is 0 Å². The lowest BCUT2D eigenvalue weighted by Crippen LogP contribution is -2.21. The number of nitrogens with one attached hydrogen (secondary N) is 1. The summed E-state index contributed by atoms with van der Waals surface area (Å²) in [5, 5.41) is 2.23. The summed E-state index contributed by atoms with van der Waals surface area (Å²) < 4.78 is 47.7. The molecule has 0 radical (unpaired) electrons. The largest absolute Gasteiger partial charge is 0.495 e. The average molecular weight is 368 g/mol. The number of carbonyl (C=O) groups excluding carboxylic acids is 2. The first-order valence-corrected chi connectivity index (χ1v) is 7.28. The van der Waals surface area contributed by atoms with E-state index in [0.717, 1.165) is 18.2 Å². The number of rotatable bonds is 5. The molecule has 0 atom stereocenters. The van der Waals surface area contributed by atoms with Gasteiger partial charge in [0.15, 0.2) is 6.61 Å². The number of nitrogens with two attached hydrogens (primary N) is 1. The second-order valence-corrected chi connectivity index (χ2v) is 5.16. The highest BCUT2D eigenvalue weighted by atomic mass is 19.4. The van der Waals surface area contributed by atoms with Crippen LogP contribution in [0.3, 0.4) is 0 Å². The number of carbonyl (C=O) groups is 2. The Morgan fingerprint density at radius 2 is 1.88 bits per heavy atom. The fourth-order valence-electron chi connectivity index (χ4n) is 2.05. The van der Waals surface area contributed by atoms with Crippen LogP contribution in [0.25, 0.3) is 0 Å². The van der Waals surface area contributed by atoms with Crippen molar-refractivity contribution in [1.82, 2.24) is 0 Å². The number of anilines is 2. The second-order valence-electron chi connectivity index (χ2n) is 5.16. The van der Waals surface area contributed by atoms with Gasteiger partial charge < -0.3 is 20.5 Å². The summed E-state index contributed by atoms with van der Waals surface area (Å²) in [6.45, 7) is -0.666. The van der Waals surface area contributed by atoms with Crippen molar-refractivity contribution in [1.29, 1.82) is 0 Å². The summed E-state index contributed by atoms with van der Waals surface area (Å²) >= 11 is 0. The molecule has 0 aliphatic heterocycles. The molecular formula is C17H15F3N2O4. The number of ether oxygens (including phenoxy) is 2. The van der Waals surface area contributed by atoms with E-state index in [1.54, 1.807) is 0 Å². The Morgan fingerprint density at radius 1 is 1.15 bits per heavy atom. The molecule has 0 fully saturated rings. The van der Waals surface area contributed by atoms with E-state index >= 15 is 0 Å². The zero-order chi connectivity index (χ0) is 19.3. The van der Waals surface area contributed by atoms with Crippen LogP contribution in [0.5, 0.6) is 5.75 Å². The molecule has 2 aromatic rings. The normalized spacial score (nSPS) is 10.9. The van der Waals surface area contributed by atoms with Crippen LogP contribution in [0.1, 0.15) is 15.9 Å². The molecule has 9 heteroatoms. The molecule has 138 valence electrons. The molecule has 0 bridgehead atoms. The van der Waals surface area contributed by atoms with Crippen LogP contribution < -0.4 is 15.8 Å². The highest BCUT2D eigenvalue weighted by Gasteiger charge is 2.30. The first kappa shape index (κ1) is 19.1. The first-order chi connectivity index (χ1) is 12.2. The minimum Gasteiger partial charge on any atom is -0.495 e. The topological polar surface area (TPSA) is 90.6 Å².